The Morgan fingerprint density at radius 3 is 2.62 bits per heavy atom. The van der Waals surface area contributed by atoms with E-state index in [0.717, 1.165) is 11.8 Å². The van der Waals surface area contributed by atoms with Gasteiger partial charge in [-0.05, 0) is 24.3 Å². The summed E-state index contributed by atoms with van der Waals surface area (Å²) >= 11 is 6.91. The zero-order valence-electron chi connectivity index (χ0n) is 10.8. The molecule has 0 fully saturated rings. The number of halogens is 1. The number of rotatable bonds is 5. The quantitative estimate of drug-likeness (QED) is 0.513. The van der Waals surface area contributed by atoms with Crippen molar-refractivity contribution in [3.05, 3.63) is 63.7 Å². The first-order valence-corrected chi connectivity index (χ1v) is 7.34. The molecule has 7 heteroatoms. The fourth-order valence-corrected chi connectivity index (χ4v) is 2.71. The molecule has 0 aliphatic carbocycles. The molecule has 0 atom stereocenters. The van der Waals surface area contributed by atoms with Crippen molar-refractivity contribution in [2.24, 2.45) is 0 Å². The van der Waals surface area contributed by atoms with Crippen molar-refractivity contribution in [1.29, 1.82) is 0 Å². The van der Waals surface area contributed by atoms with Crippen LogP contribution in [0.5, 0.6) is 0 Å². The van der Waals surface area contributed by atoms with E-state index in [2.05, 4.69) is 5.32 Å². The highest BCUT2D eigenvalue weighted by molar-refractivity contribution is 8.00. The van der Waals surface area contributed by atoms with Gasteiger partial charge < -0.3 is 5.32 Å². The summed E-state index contributed by atoms with van der Waals surface area (Å²) in [5.74, 6) is -0.170. The van der Waals surface area contributed by atoms with Crippen LogP contribution in [0.25, 0.3) is 0 Å². The molecule has 21 heavy (non-hydrogen) atoms. The first kappa shape index (κ1) is 15.3. The first-order chi connectivity index (χ1) is 10.1. The van der Waals surface area contributed by atoms with Gasteiger partial charge in [0.1, 0.15) is 0 Å². The maximum Gasteiger partial charge on any atom is 0.282 e. The molecule has 0 aromatic heterocycles. The molecular formula is C14H11ClN2O3S. The summed E-state index contributed by atoms with van der Waals surface area (Å²) in [5.41, 5.74) is 0.626. The van der Waals surface area contributed by atoms with Gasteiger partial charge in [0.15, 0.2) is 0 Å². The van der Waals surface area contributed by atoms with E-state index < -0.39 is 4.92 Å². The summed E-state index contributed by atoms with van der Waals surface area (Å²) in [5, 5.41) is 14.0. The van der Waals surface area contributed by atoms with Gasteiger partial charge in [-0.3, -0.25) is 14.9 Å². The first-order valence-electron chi connectivity index (χ1n) is 5.98. The second-order valence-electron chi connectivity index (χ2n) is 4.07. The number of para-hydroxylation sites is 1. The minimum Gasteiger partial charge on any atom is -0.325 e. The van der Waals surface area contributed by atoms with Gasteiger partial charge >= 0.3 is 0 Å². The molecule has 2 rings (SSSR count). The van der Waals surface area contributed by atoms with E-state index in [0.29, 0.717) is 15.6 Å². The Labute approximate surface area is 130 Å². The highest BCUT2D eigenvalue weighted by atomic mass is 35.5. The van der Waals surface area contributed by atoms with Gasteiger partial charge in [-0.15, -0.1) is 11.8 Å². The monoisotopic (exact) mass is 322 g/mol. The Morgan fingerprint density at radius 1 is 1.24 bits per heavy atom. The number of amides is 1. The van der Waals surface area contributed by atoms with E-state index >= 15 is 0 Å². The van der Waals surface area contributed by atoms with Crippen LogP contribution in [0.4, 0.5) is 11.4 Å². The van der Waals surface area contributed by atoms with Crippen molar-refractivity contribution < 1.29 is 9.72 Å². The normalized spacial score (nSPS) is 10.1. The third kappa shape index (κ3) is 4.47. The molecule has 0 radical (unpaired) electrons. The van der Waals surface area contributed by atoms with E-state index in [1.165, 1.54) is 18.2 Å². The van der Waals surface area contributed by atoms with Crippen LogP contribution in [0, 0.1) is 10.1 Å². The van der Waals surface area contributed by atoms with Gasteiger partial charge in [0, 0.05) is 16.8 Å². The van der Waals surface area contributed by atoms with Crippen LogP contribution in [-0.4, -0.2) is 16.6 Å². The Kier molecular flexibility index (Phi) is 5.19. The third-order valence-electron chi connectivity index (χ3n) is 2.53. The van der Waals surface area contributed by atoms with Crippen molar-refractivity contribution in [3.8, 4) is 0 Å². The van der Waals surface area contributed by atoms with Gasteiger partial charge in [0.2, 0.25) is 5.91 Å². The fourth-order valence-electron chi connectivity index (χ4n) is 1.62. The van der Waals surface area contributed by atoms with E-state index in [1.807, 2.05) is 18.2 Å². The number of benzene rings is 2. The zero-order chi connectivity index (χ0) is 15.2. The summed E-state index contributed by atoms with van der Waals surface area (Å²) in [6, 6.07) is 13.3. The standard InChI is InChI=1S/C14H11ClN2O3S/c15-10-6-7-12(17(19)20)13(8-10)21-9-14(18)16-11-4-2-1-3-5-11/h1-8H,9H2,(H,16,18). The molecule has 0 unspecified atom stereocenters. The number of anilines is 1. The molecule has 0 heterocycles. The summed E-state index contributed by atoms with van der Waals surface area (Å²) in [6.07, 6.45) is 0. The summed E-state index contributed by atoms with van der Waals surface area (Å²) in [7, 11) is 0. The Hall–Kier alpha value is -2.05. The number of nitro groups is 1. The summed E-state index contributed by atoms with van der Waals surface area (Å²) < 4.78 is 0. The topological polar surface area (TPSA) is 72.2 Å². The Morgan fingerprint density at radius 2 is 1.95 bits per heavy atom. The molecule has 0 aliphatic rings. The molecule has 1 N–H and O–H groups in total. The minimum atomic E-state index is -0.492. The van der Waals surface area contributed by atoms with Crippen molar-refractivity contribution in [2.45, 2.75) is 4.90 Å². The SMILES string of the molecule is O=C(CSc1cc(Cl)ccc1[N+](=O)[O-])Nc1ccccc1. The van der Waals surface area contributed by atoms with Gasteiger partial charge in [-0.2, -0.15) is 0 Å². The van der Waals surface area contributed by atoms with Gasteiger partial charge in [0.05, 0.1) is 15.6 Å². The molecule has 2 aromatic carbocycles. The van der Waals surface area contributed by atoms with E-state index in [-0.39, 0.29) is 17.3 Å². The molecule has 5 nitrogen and oxygen atoms in total. The average Bonchev–Trinajstić information content (AvgIpc) is 2.46. The smallest absolute Gasteiger partial charge is 0.282 e. The summed E-state index contributed by atoms with van der Waals surface area (Å²) in [4.78, 5) is 22.6. The fraction of sp³-hybridized carbons (Fsp3) is 0.0714. The number of thioether (sulfide) groups is 1. The predicted octanol–water partition coefficient (Wildman–Crippen LogP) is 3.98. The second kappa shape index (κ2) is 7.10. The molecule has 0 spiro atoms. The van der Waals surface area contributed by atoms with Crippen molar-refractivity contribution in [2.75, 3.05) is 11.1 Å². The largest absolute Gasteiger partial charge is 0.325 e. The number of nitro benzene ring substituents is 1. The number of carbonyl (C=O) groups is 1. The number of hydrogen-bond acceptors (Lipinski definition) is 4. The predicted molar refractivity (Wildman–Crippen MR) is 83.9 cm³/mol. The number of hydrogen-bond donors (Lipinski definition) is 1. The van der Waals surface area contributed by atoms with Crippen LogP contribution >= 0.6 is 23.4 Å². The lowest BCUT2D eigenvalue weighted by atomic mass is 10.3. The lowest BCUT2D eigenvalue weighted by Gasteiger charge is -2.05. The van der Waals surface area contributed by atoms with Gasteiger partial charge in [-0.25, -0.2) is 0 Å². The van der Waals surface area contributed by atoms with Gasteiger partial charge in [-0.1, -0.05) is 29.8 Å². The van der Waals surface area contributed by atoms with Crippen LogP contribution in [0.2, 0.25) is 5.02 Å². The molecule has 2 aromatic rings. The van der Waals surface area contributed by atoms with Crippen LogP contribution in [0.1, 0.15) is 0 Å². The maximum atomic E-state index is 11.8. The second-order valence-corrected chi connectivity index (χ2v) is 5.53. The summed E-state index contributed by atoms with van der Waals surface area (Å²) in [6.45, 7) is 0. The van der Waals surface area contributed by atoms with Crippen LogP contribution < -0.4 is 5.32 Å². The molecular weight excluding hydrogens is 312 g/mol. The van der Waals surface area contributed by atoms with Crippen molar-refractivity contribution >= 4 is 40.6 Å². The van der Waals surface area contributed by atoms with Crippen LogP contribution in [0.3, 0.4) is 0 Å². The molecule has 0 bridgehead atoms. The molecule has 1 amide bonds. The van der Waals surface area contributed by atoms with E-state index in [1.54, 1.807) is 12.1 Å². The van der Waals surface area contributed by atoms with Crippen molar-refractivity contribution in [3.63, 3.8) is 0 Å². The Balaban J connectivity index is 2.01. The van der Waals surface area contributed by atoms with Crippen molar-refractivity contribution in [1.82, 2.24) is 0 Å². The molecule has 0 aliphatic heterocycles. The maximum absolute atomic E-state index is 11.8. The average molecular weight is 323 g/mol. The molecule has 0 saturated carbocycles. The minimum absolute atomic E-state index is 0.0584. The molecule has 108 valence electrons. The lowest BCUT2D eigenvalue weighted by Crippen LogP contribution is -2.13. The molecule has 0 saturated heterocycles. The van der Waals surface area contributed by atoms with Crippen LogP contribution in [0.15, 0.2) is 53.4 Å². The highest BCUT2D eigenvalue weighted by Gasteiger charge is 2.15. The number of carbonyl (C=O) groups excluding carboxylic acids is 1. The van der Waals surface area contributed by atoms with Gasteiger partial charge in [0.25, 0.3) is 5.69 Å². The van der Waals surface area contributed by atoms with E-state index in [4.69, 9.17) is 11.6 Å². The lowest BCUT2D eigenvalue weighted by molar-refractivity contribution is -0.387. The number of nitrogens with zero attached hydrogens (tertiary/aromatic N) is 1. The third-order valence-corrected chi connectivity index (χ3v) is 3.81. The number of nitrogens with one attached hydrogen (secondary N) is 1. The highest BCUT2D eigenvalue weighted by Crippen LogP contribution is 2.31. The van der Waals surface area contributed by atoms with Crippen LogP contribution in [-0.2, 0) is 4.79 Å². The Bertz CT molecular complexity index is 665. The van der Waals surface area contributed by atoms with E-state index in [9.17, 15) is 14.9 Å². The zero-order valence-corrected chi connectivity index (χ0v) is 12.4.